The number of hydrogen-bond acceptors (Lipinski definition) is 2. The minimum absolute atomic E-state index is 0.140. The van der Waals surface area contributed by atoms with E-state index >= 15 is 0 Å². The Labute approximate surface area is 129 Å². The first kappa shape index (κ1) is 17.5. The van der Waals surface area contributed by atoms with Gasteiger partial charge in [0.2, 0.25) is 0 Å². The standard InChI is InChI=1S/C18H29NO2/c1-6-7-12-19(13-14(2)17(20)21)16-10-8-15(9-11-16)18(3,4)5/h8-11,14H,6-7,12-13H2,1-5H3,(H,20,21). The highest BCUT2D eigenvalue weighted by Gasteiger charge is 2.18. The molecule has 0 saturated carbocycles. The van der Waals surface area contributed by atoms with E-state index in [2.05, 4.69) is 56.9 Å². The van der Waals surface area contributed by atoms with Gasteiger partial charge in [0, 0.05) is 18.8 Å². The van der Waals surface area contributed by atoms with Crippen molar-refractivity contribution in [1.82, 2.24) is 0 Å². The first-order valence-corrected chi connectivity index (χ1v) is 7.84. The second-order valence-electron chi connectivity index (χ2n) is 6.84. The van der Waals surface area contributed by atoms with E-state index in [1.54, 1.807) is 6.92 Å². The number of hydrogen-bond donors (Lipinski definition) is 1. The molecule has 0 aliphatic rings. The van der Waals surface area contributed by atoms with E-state index in [0.717, 1.165) is 25.1 Å². The largest absolute Gasteiger partial charge is 0.481 e. The fraction of sp³-hybridized carbons (Fsp3) is 0.611. The summed E-state index contributed by atoms with van der Waals surface area (Å²) < 4.78 is 0. The van der Waals surface area contributed by atoms with Crippen LogP contribution < -0.4 is 4.90 Å². The molecule has 0 spiro atoms. The van der Waals surface area contributed by atoms with Gasteiger partial charge in [-0.05, 0) is 29.5 Å². The minimum atomic E-state index is -0.734. The van der Waals surface area contributed by atoms with Crippen molar-refractivity contribution in [2.24, 2.45) is 5.92 Å². The molecule has 0 fully saturated rings. The lowest BCUT2D eigenvalue weighted by molar-refractivity contribution is -0.140. The van der Waals surface area contributed by atoms with Crippen molar-refractivity contribution in [3.05, 3.63) is 29.8 Å². The Morgan fingerprint density at radius 3 is 2.24 bits per heavy atom. The third kappa shape index (κ3) is 5.41. The van der Waals surface area contributed by atoms with E-state index in [-0.39, 0.29) is 11.3 Å². The second kappa shape index (κ2) is 7.48. The zero-order valence-electron chi connectivity index (χ0n) is 14.0. The summed E-state index contributed by atoms with van der Waals surface area (Å²) >= 11 is 0. The third-order valence-electron chi connectivity index (χ3n) is 3.80. The fourth-order valence-corrected chi connectivity index (χ4v) is 2.26. The van der Waals surface area contributed by atoms with Gasteiger partial charge in [-0.1, -0.05) is 53.2 Å². The van der Waals surface area contributed by atoms with Crippen LogP contribution in [0.3, 0.4) is 0 Å². The molecule has 1 aromatic carbocycles. The van der Waals surface area contributed by atoms with Crippen molar-refractivity contribution in [2.75, 3.05) is 18.0 Å². The number of carboxylic acids is 1. The van der Waals surface area contributed by atoms with Crippen molar-refractivity contribution < 1.29 is 9.90 Å². The molecule has 3 heteroatoms. The molecular weight excluding hydrogens is 262 g/mol. The van der Waals surface area contributed by atoms with Crippen LogP contribution >= 0.6 is 0 Å². The molecule has 1 N–H and O–H groups in total. The smallest absolute Gasteiger partial charge is 0.308 e. The fourth-order valence-electron chi connectivity index (χ4n) is 2.26. The first-order valence-electron chi connectivity index (χ1n) is 7.84. The number of anilines is 1. The normalized spacial score (nSPS) is 13.0. The SMILES string of the molecule is CCCCN(CC(C)C(=O)O)c1ccc(C(C)(C)C)cc1. The maximum absolute atomic E-state index is 11.1. The summed E-state index contributed by atoms with van der Waals surface area (Å²) in [7, 11) is 0. The lowest BCUT2D eigenvalue weighted by atomic mass is 9.87. The molecule has 1 atom stereocenters. The lowest BCUT2D eigenvalue weighted by Gasteiger charge is -2.28. The van der Waals surface area contributed by atoms with Crippen LogP contribution in [-0.2, 0) is 10.2 Å². The van der Waals surface area contributed by atoms with Gasteiger partial charge in [-0.15, -0.1) is 0 Å². The summed E-state index contributed by atoms with van der Waals surface area (Å²) in [5.74, 6) is -1.09. The van der Waals surface area contributed by atoms with E-state index in [0.29, 0.717) is 6.54 Å². The molecule has 0 saturated heterocycles. The Morgan fingerprint density at radius 2 is 1.81 bits per heavy atom. The summed E-state index contributed by atoms with van der Waals surface area (Å²) in [6, 6.07) is 8.54. The monoisotopic (exact) mass is 291 g/mol. The summed E-state index contributed by atoms with van der Waals surface area (Å²) in [6.45, 7) is 12.0. The van der Waals surface area contributed by atoms with Crippen LogP contribution in [0.25, 0.3) is 0 Å². The molecule has 21 heavy (non-hydrogen) atoms. The molecule has 118 valence electrons. The Balaban J connectivity index is 2.89. The first-order chi connectivity index (χ1) is 9.75. The molecule has 0 amide bonds. The third-order valence-corrected chi connectivity index (χ3v) is 3.80. The van der Waals surface area contributed by atoms with E-state index in [4.69, 9.17) is 5.11 Å². The van der Waals surface area contributed by atoms with Crippen molar-refractivity contribution in [3.8, 4) is 0 Å². The van der Waals surface area contributed by atoms with Crippen molar-refractivity contribution in [2.45, 2.75) is 52.9 Å². The lowest BCUT2D eigenvalue weighted by Crippen LogP contribution is -2.32. The predicted octanol–water partition coefficient (Wildman–Crippen LogP) is 4.31. The van der Waals surface area contributed by atoms with E-state index in [9.17, 15) is 4.79 Å². The summed E-state index contributed by atoms with van der Waals surface area (Å²) in [5, 5.41) is 9.13. The highest BCUT2D eigenvalue weighted by molar-refractivity contribution is 5.70. The Kier molecular flexibility index (Phi) is 6.25. The van der Waals surface area contributed by atoms with Gasteiger partial charge in [0.25, 0.3) is 0 Å². The van der Waals surface area contributed by atoms with Crippen molar-refractivity contribution in [3.63, 3.8) is 0 Å². The van der Waals surface area contributed by atoms with Crippen LogP contribution in [0.15, 0.2) is 24.3 Å². The molecule has 1 unspecified atom stereocenters. The van der Waals surface area contributed by atoms with Crippen LogP contribution in [0.4, 0.5) is 5.69 Å². The second-order valence-corrected chi connectivity index (χ2v) is 6.84. The van der Waals surface area contributed by atoms with E-state index in [1.165, 1.54) is 5.56 Å². The van der Waals surface area contributed by atoms with Crippen LogP contribution in [-0.4, -0.2) is 24.2 Å². The molecule has 0 heterocycles. The quantitative estimate of drug-likeness (QED) is 0.813. The Hall–Kier alpha value is -1.51. The van der Waals surface area contributed by atoms with Gasteiger partial charge in [0.1, 0.15) is 0 Å². The molecule has 1 rings (SSSR count). The average molecular weight is 291 g/mol. The van der Waals surface area contributed by atoms with Crippen LogP contribution in [0.5, 0.6) is 0 Å². The molecule has 0 aromatic heterocycles. The van der Waals surface area contributed by atoms with Crippen molar-refractivity contribution in [1.29, 1.82) is 0 Å². The zero-order chi connectivity index (χ0) is 16.0. The van der Waals surface area contributed by atoms with Gasteiger partial charge in [0.05, 0.1) is 5.92 Å². The maximum atomic E-state index is 11.1. The number of nitrogens with zero attached hydrogens (tertiary/aromatic N) is 1. The van der Waals surface area contributed by atoms with Gasteiger partial charge >= 0.3 is 5.97 Å². The molecule has 0 aliphatic carbocycles. The number of carboxylic acid groups (broad SMARTS) is 1. The molecule has 3 nitrogen and oxygen atoms in total. The summed E-state index contributed by atoms with van der Waals surface area (Å²) in [5.41, 5.74) is 2.55. The van der Waals surface area contributed by atoms with E-state index < -0.39 is 5.97 Å². The number of carbonyl (C=O) groups is 1. The average Bonchev–Trinajstić information content (AvgIpc) is 2.42. The maximum Gasteiger partial charge on any atom is 0.308 e. The van der Waals surface area contributed by atoms with Gasteiger partial charge < -0.3 is 10.0 Å². The number of rotatable bonds is 7. The molecule has 0 aliphatic heterocycles. The predicted molar refractivity (Wildman–Crippen MR) is 89.1 cm³/mol. The summed E-state index contributed by atoms with van der Waals surface area (Å²) in [6.07, 6.45) is 2.19. The number of aliphatic carboxylic acids is 1. The number of benzene rings is 1. The van der Waals surface area contributed by atoms with E-state index in [1.807, 2.05) is 0 Å². The zero-order valence-corrected chi connectivity index (χ0v) is 14.0. The molecule has 1 aromatic rings. The Bertz CT molecular complexity index is 445. The summed E-state index contributed by atoms with van der Waals surface area (Å²) in [4.78, 5) is 13.3. The highest BCUT2D eigenvalue weighted by atomic mass is 16.4. The van der Waals surface area contributed by atoms with Gasteiger partial charge in [-0.3, -0.25) is 4.79 Å². The Morgan fingerprint density at radius 1 is 1.24 bits per heavy atom. The van der Waals surface area contributed by atoms with Gasteiger partial charge in [0.15, 0.2) is 0 Å². The molecule has 0 bridgehead atoms. The van der Waals surface area contributed by atoms with Gasteiger partial charge in [-0.2, -0.15) is 0 Å². The van der Waals surface area contributed by atoms with Crippen LogP contribution in [0.1, 0.15) is 53.0 Å². The van der Waals surface area contributed by atoms with Crippen LogP contribution in [0.2, 0.25) is 0 Å². The topological polar surface area (TPSA) is 40.5 Å². The highest BCUT2D eigenvalue weighted by Crippen LogP contribution is 2.25. The van der Waals surface area contributed by atoms with Crippen molar-refractivity contribution >= 4 is 11.7 Å². The molecule has 0 radical (unpaired) electrons. The molecular formula is C18H29NO2. The minimum Gasteiger partial charge on any atom is -0.481 e. The van der Waals surface area contributed by atoms with Crippen LogP contribution in [0, 0.1) is 5.92 Å². The number of unbranched alkanes of at least 4 members (excludes halogenated alkanes) is 1. The van der Waals surface area contributed by atoms with Gasteiger partial charge in [-0.25, -0.2) is 0 Å².